The average Bonchev–Trinajstić information content (AvgIpc) is 2.49. The molecule has 0 saturated carbocycles. The minimum Gasteiger partial charge on any atom is -0.496 e. The number of ether oxygens (including phenoxy) is 1. The number of nitrogens with zero attached hydrogens (tertiary/aromatic N) is 1. The van der Waals surface area contributed by atoms with Crippen LogP contribution in [0.15, 0.2) is 18.2 Å². The highest BCUT2D eigenvalue weighted by molar-refractivity contribution is 5.42. The summed E-state index contributed by atoms with van der Waals surface area (Å²) in [6, 6.07) is 7.48. The molecule has 1 aromatic rings. The van der Waals surface area contributed by atoms with Crippen LogP contribution in [0.1, 0.15) is 37.8 Å². The number of hydrogen-bond donors (Lipinski definition) is 2. The number of nitrogens with one attached hydrogen (secondary N) is 1. The molecule has 1 rings (SSSR count). The van der Waals surface area contributed by atoms with E-state index in [-0.39, 0.29) is 12.1 Å². The van der Waals surface area contributed by atoms with Gasteiger partial charge in [-0.3, -0.25) is 0 Å². The summed E-state index contributed by atoms with van der Waals surface area (Å²) in [5.74, 6) is 0.755. The summed E-state index contributed by atoms with van der Waals surface area (Å²) in [6.45, 7) is 4.77. The minimum absolute atomic E-state index is 0.0975. The molecule has 2 N–H and O–H groups in total. The molecule has 0 heterocycles. The van der Waals surface area contributed by atoms with Crippen LogP contribution in [0.2, 0.25) is 0 Å². The Morgan fingerprint density at radius 3 is 2.53 bits per heavy atom. The first-order valence-electron chi connectivity index (χ1n) is 6.57. The smallest absolute Gasteiger partial charge is 0.123 e. The van der Waals surface area contributed by atoms with Crippen molar-refractivity contribution in [2.75, 3.05) is 13.7 Å². The fourth-order valence-electron chi connectivity index (χ4n) is 2.05. The van der Waals surface area contributed by atoms with Crippen LogP contribution in [0.25, 0.3) is 0 Å². The number of methoxy groups -OCH3 is 1. The van der Waals surface area contributed by atoms with Gasteiger partial charge in [0, 0.05) is 17.6 Å². The molecule has 0 spiro atoms. The Bertz CT molecular complexity index is 440. The van der Waals surface area contributed by atoms with E-state index in [9.17, 15) is 5.11 Å². The maximum atomic E-state index is 9.54. The Labute approximate surface area is 115 Å². The Balaban J connectivity index is 2.90. The molecule has 0 fully saturated rings. The zero-order valence-electron chi connectivity index (χ0n) is 11.9. The van der Waals surface area contributed by atoms with Gasteiger partial charge in [-0.1, -0.05) is 13.8 Å². The molecule has 0 unspecified atom stereocenters. The Hall–Kier alpha value is -1.57. The van der Waals surface area contributed by atoms with Gasteiger partial charge in [-0.25, -0.2) is 0 Å². The first-order chi connectivity index (χ1) is 9.14. The summed E-state index contributed by atoms with van der Waals surface area (Å²) in [7, 11) is 1.61. The molecule has 0 aliphatic carbocycles. The van der Waals surface area contributed by atoms with E-state index in [0.717, 1.165) is 24.2 Å². The number of aliphatic hydroxyl groups excluding tert-OH is 1. The lowest BCUT2D eigenvalue weighted by Crippen LogP contribution is -2.47. The van der Waals surface area contributed by atoms with Crippen LogP contribution in [0.3, 0.4) is 0 Å². The second-order valence-corrected chi connectivity index (χ2v) is 4.64. The summed E-state index contributed by atoms with van der Waals surface area (Å²) in [5, 5.41) is 21.9. The van der Waals surface area contributed by atoms with E-state index in [1.165, 1.54) is 0 Å². The molecule has 104 valence electrons. The second-order valence-electron chi connectivity index (χ2n) is 4.64. The van der Waals surface area contributed by atoms with Gasteiger partial charge < -0.3 is 15.2 Å². The number of aliphatic hydroxyl groups is 1. The van der Waals surface area contributed by atoms with Crippen molar-refractivity contribution < 1.29 is 9.84 Å². The van der Waals surface area contributed by atoms with Crippen molar-refractivity contribution in [1.82, 2.24) is 5.32 Å². The molecule has 4 nitrogen and oxygen atoms in total. The molecular formula is C15H22N2O2. The quantitative estimate of drug-likeness (QED) is 0.790. The summed E-state index contributed by atoms with van der Waals surface area (Å²) in [6.07, 6.45) is 1.69. The van der Waals surface area contributed by atoms with Crippen molar-refractivity contribution in [3.05, 3.63) is 29.3 Å². The third-order valence-corrected chi connectivity index (χ3v) is 3.72. The summed E-state index contributed by atoms with van der Waals surface area (Å²) in [4.78, 5) is 0. The van der Waals surface area contributed by atoms with Crippen molar-refractivity contribution >= 4 is 0 Å². The van der Waals surface area contributed by atoms with Crippen molar-refractivity contribution in [2.45, 2.75) is 38.8 Å². The molecule has 0 saturated heterocycles. The summed E-state index contributed by atoms with van der Waals surface area (Å²) in [5.41, 5.74) is 1.27. The van der Waals surface area contributed by atoms with Gasteiger partial charge in [-0.15, -0.1) is 0 Å². The monoisotopic (exact) mass is 262 g/mol. The third kappa shape index (κ3) is 3.69. The van der Waals surface area contributed by atoms with Gasteiger partial charge in [0.05, 0.1) is 25.3 Å². The second kappa shape index (κ2) is 7.13. The molecule has 19 heavy (non-hydrogen) atoms. The van der Waals surface area contributed by atoms with Crippen molar-refractivity contribution in [1.29, 1.82) is 5.26 Å². The molecule has 4 heteroatoms. The van der Waals surface area contributed by atoms with E-state index >= 15 is 0 Å². The van der Waals surface area contributed by atoms with Crippen LogP contribution in [-0.2, 0) is 6.54 Å². The normalized spacial score (nSPS) is 11.1. The topological polar surface area (TPSA) is 65.3 Å². The summed E-state index contributed by atoms with van der Waals surface area (Å²) >= 11 is 0. The van der Waals surface area contributed by atoms with Crippen molar-refractivity contribution in [3.63, 3.8) is 0 Å². The van der Waals surface area contributed by atoms with Crippen molar-refractivity contribution in [2.24, 2.45) is 0 Å². The van der Waals surface area contributed by atoms with E-state index in [4.69, 9.17) is 10.00 Å². The minimum atomic E-state index is -0.270. The lowest BCUT2D eigenvalue weighted by atomic mass is 9.93. The Kier molecular flexibility index (Phi) is 5.81. The number of benzene rings is 1. The molecule has 0 aromatic heterocycles. The van der Waals surface area contributed by atoms with E-state index in [1.807, 2.05) is 6.07 Å². The summed E-state index contributed by atoms with van der Waals surface area (Å²) < 4.78 is 5.30. The fourth-order valence-corrected chi connectivity index (χ4v) is 2.05. The zero-order valence-corrected chi connectivity index (χ0v) is 11.9. The first-order valence-corrected chi connectivity index (χ1v) is 6.57. The lowest BCUT2D eigenvalue weighted by molar-refractivity contribution is 0.149. The molecular weight excluding hydrogens is 240 g/mol. The third-order valence-electron chi connectivity index (χ3n) is 3.72. The molecule has 0 bridgehead atoms. The van der Waals surface area contributed by atoms with Gasteiger partial charge >= 0.3 is 0 Å². The highest BCUT2D eigenvalue weighted by Gasteiger charge is 2.24. The van der Waals surface area contributed by atoms with Crippen LogP contribution >= 0.6 is 0 Å². The van der Waals surface area contributed by atoms with Gasteiger partial charge in [0.25, 0.3) is 0 Å². The lowest BCUT2D eigenvalue weighted by Gasteiger charge is -2.31. The van der Waals surface area contributed by atoms with Crippen LogP contribution in [-0.4, -0.2) is 24.4 Å². The van der Waals surface area contributed by atoms with E-state index in [2.05, 4.69) is 25.2 Å². The van der Waals surface area contributed by atoms with Crippen LogP contribution in [0, 0.1) is 11.3 Å². The SMILES string of the molecule is CCC(CC)(CO)NCc1cc(C#N)ccc1OC. The molecule has 0 aliphatic heterocycles. The Morgan fingerprint density at radius 1 is 1.37 bits per heavy atom. The van der Waals surface area contributed by atoms with Crippen LogP contribution in [0.5, 0.6) is 5.75 Å². The fraction of sp³-hybridized carbons (Fsp3) is 0.533. The number of hydrogen-bond acceptors (Lipinski definition) is 4. The maximum absolute atomic E-state index is 9.54. The number of nitriles is 1. The number of rotatable bonds is 7. The highest BCUT2D eigenvalue weighted by Crippen LogP contribution is 2.22. The van der Waals surface area contributed by atoms with Gasteiger partial charge in [0.15, 0.2) is 0 Å². The van der Waals surface area contributed by atoms with Gasteiger partial charge in [-0.2, -0.15) is 5.26 Å². The van der Waals surface area contributed by atoms with E-state index < -0.39 is 0 Å². The average molecular weight is 262 g/mol. The van der Waals surface area contributed by atoms with Gasteiger partial charge in [0.1, 0.15) is 5.75 Å². The van der Waals surface area contributed by atoms with E-state index in [1.54, 1.807) is 19.2 Å². The standard InChI is InChI=1S/C15H22N2O2/c1-4-15(5-2,11-18)17-10-13-8-12(9-16)6-7-14(13)19-3/h6-8,17-18H,4-5,10-11H2,1-3H3. The highest BCUT2D eigenvalue weighted by atomic mass is 16.5. The maximum Gasteiger partial charge on any atom is 0.123 e. The van der Waals surface area contributed by atoms with Gasteiger partial charge in [-0.05, 0) is 31.0 Å². The Morgan fingerprint density at radius 2 is 2.05 bits per heavy atom. The molecule has 0 amide bonds. The van der Waals surface area contributed by atoms with Crippen molar-refractivity contribution in [3.8, 4) is 11.8 Å². The zero-order chi connectivity index (χ0) is 14.3. The predicted molar refractivity (Wildman–Crippen MR) is 74.9 cm³/mol. The van der Waals surface area contributed by atoms with Gasteiger partial charge in [0.2, 0.25) is 0 Å². The van der Waals surface area contributed by atoms with E-state index in [0.29, 0.717) is 12.1 Å². The largest absolute Gasteiger partial charge is 0.496 e. The van der Waals surface area contributed by atoms with Crippen LogP contribution < -0.4 is 10.1 Å². The molecule has 1 aromatic carbocycles. The predicted octanol–water partition coefficient (Wildman–Crippen LogP) is 2.21. The molecule has 0 atom stereocenters. The van der Waals surface area contributed by atoms with Crippen LogP contribution in [0.4, 0.5) is 0 Å². The molecule has 0 aliphatic rings. The first kappa shape index (κ1) is 15.5. The molecule has 0 radical (unpaired) electrons.